The van der Waals surface area contributed by atoms with Gasteiger partial charge in [-0.25, -0.2) is 0 Å². The van der Waals surface area contributed by atoms with E-state index in [0.717, 1.165) is 58.4 Å². The molecule has 2 saturated heterocycles. The zero-order valence-electron chi connectivity index (χ0n) is 15.6. The number of likely N-dealkylation sites (tertiary alicyclic amines) is 2. The monoisotopic (exact) mass is 324 g/mol. The van der Waals surface area contributed by atoms with Crippen molar-refractivity contribution in [2.75, 3.05) is 32.7 Å². The topological polar surface area (TPSA) is 40.6 Å². The second kappa shape index (κ2) is 10.8. The Bertz CT molecular complexity index is 354. The predicted molar refractivity (Wildman–Crippen MR) is 95.4 cm³/mol. The maximum atomic E-state index is 12.5. The summed E-state index contributed by atoms with van der Waals surface area (Å²) in [6.45, 7) is 13.0. The van der Waals surface area contributed by atoms with Crippen LogP contribution in [0.4, 0.5) is 0 Å². The van der Waals surface area contributed by atoms with Gasteiger partial charge in [0.25, 0.3) is 0 Å². The Morgan fingerprint density at radius 2 is 1.43 bits per heavy atom. The van der Waals surface area contributed by atoms with Gasteiger partial charge in [0.1, 0.15) is 5.78 Å². The van der Waals surface area contributed by atoms with E-state index in [1.54, 1.807) is 6.92 Å². The van der Waals surface area contributed by atoms with Gasteiger partial charge < -0.3 is 14.6 Å². The van der Waals surface area contributed by atoms with Gasteiger partial charge >= 0.3 is 0 Å². The quantitative estimate of drug-likeness (QED) is 0.796. The molecule has 0 bridgehead atoms. The summed E-state index contributed by atoms with van der Waals surface area (Å²) in [5.41, 5.74) is 0. The molecular weight excluding hydrogens is 288 g/mol. The maximum Gasteiger partial charge on any atom is 0.225 e. The van der Waals surface area contributed by atoms with Crippen molar-refractivity contribution in [3.63, 3.8) is 0 Å². The van der Waals surface area contributed by atoms with E-state index in [1.807, 2.05) is 4.90 Å². The molecule has 0 aromatic carbocycles. The van der Waals surface area contributed by atoms with E-state index in [2.05, 4.69) is 25.7 Å². The fourth-order valence-corrected chi connectivity index (χ4v) is 3.52. The van der Waals surface area contributed by atoms with Gasteiger partial charge in [-0.1, -0.05) is 27.2 Å². The lowest BCUT2D eigenvalue weighted by atomic mass is 9.90. The summed E-state index contributed by atoms with van der Waals surface area (Å²) in [6.07, 6.45) is 5.97. The van der Waals surface area contributed by atoms with Crippen LogP contribution >= 0.6 is 0 Å². The van der Waals surface area contributed by atoms with Crippen molar-refractivity contribution in [2.24, 2.45) is 11.8 Å². The first-order valence-corrected chi connectivity index (χ1v) is 9.52. The van der Waals surface area contributed by atoms with Crippen LogP contribution in [0.1, 0.15) is 66.2 Å². The van der Waals surface area contributed by atoms with Crippen molar-refractivity contribution in [2.45, 2.75) is 66.2 Å². The van der Waals surface area contributed by atoms with Gasteiger partial charge in [-0.15, -0.1) is 0 Å². The summed E-state index contributed by atoms with van der Waals surface area (Å²) < 4.78 is 0. The third-order valence-corrected chi connectivity index (χ3v) is 4.89. The summed E-state index contributed by atoms with van der Waals surface area (Å²) in [5, 5.41) is 0. The van der Waals surface area contributed by atoms with E-state index >= 15 is 0 Å². The average Bonchev–Trinajstić information content (AvgIpc) is 2.55. The molecule has 2 fully saturated rings. The lowest BCUT2D eigenvalue weighted by Gasteiger charge is -2.37. The summed E-state index contributed by atoms with van der Waals surface area (Å²) in [4.78, 5) is 28.1. The number of carbonyl (C=O) groups is 2. The third-order valence-electron chi connectivity index (χ3n) is 4.89. The van der Waals surface area contributed by atoms with Crippen LogP contribution in [0.3, 0.4) is 0 Å². The van der Waals surface area contributed by atoms with E-state index < -0.39 is 0 Å². The largest absolute Gasteiger partial charge is 0.342 e. The van der Waals surface area contributed by atoms with Crippen LogP contribution in [0.5, 0.6) is 0 Å². The first-order chi connectivity index (χ1) is 11.0. The zero-order valence-corrected chi connectivity index (χ0v) is 15.6. The number of Topliss-reactive ketones (excluding diaryl/α,β-unsaturated/α-hetero) is 1. The number of ketones is 1. The zero-order chi connectivity index (χ0) is 17.2. The minimum absolute atomic E-state index is 0.238. The number of hydrogen-bond donors (Lipinski definition) is 0. The molecule has 0 saturated carbocycles. The van der Waals surface area contributed by atoms with E-state index in [4.69, 9.17) is 0 Å². The second-order valence-corrected chi connectivity index (χ2v) is 7.09. The van der Waals surface area contributed by atoms with Gasteiger partial charge in [0.2, 0.25) is 5.91 Å². The van der Waals surface area contributed by atoms with Crippen LogP contribution in [0.2, 0.25) is 0 Å². The van der Waals surface area contributed by atoms with Gasteiger partial charge in [0, 0.05) is 25.4 Å². The van der Waals surface area contributed by atoms with Crippen molar-refractivity contribution >= 4 is 11.7 Å². The molecule has 0 aromatic heterocycles. The average molecular weight is 325 g/mol. The van der Waals surface area contributed by atoms with Crippen LogP contribution in [0.15, 0.2) is 0 Å². The number of piperidine rings is 2. The van der Waals surface area contributed by atoms with Crippen molar-refractivity contribution in [1.29, 1.82) is 0 Å². The highest BCUT2D eigenvalue weighted by Crippen LogP contribution is 2.25. The minimum atomic E-state index is 0.238. The molecule has 0 radical (unpaired) electrons. The highest BCUT2D eigenvalue weighted by atomic mass is 16.2. The Morgan fingerprint density at radius 1 is 0.913 bits per heavy atom. The van der Waals surface area contributed by atoms with Gasteiger partial charge in [0.15, 0.2) is 0 Å². The minimum Gasteiger partial charge on any atom is -0.342 e. The molecule has 4 heteroatoms. The van der Waals surface area contributed by atoms with Gasteiger partial charge in [-0.05, 0) is 58.2 Å². The van der Waals surface area contributed by atoms with E-state index in [9.17, 15) is 9.59 Å². The van der Waals surface area contributed by atoms with Gasteiger partial charge in [-0.2, -0.15) is 0 Å². The smallest absolute Gasteiger partial charge is 0.225 e. The number of hydrogen-bond acceptors (Lipinski definition) is 3. The highest BCUT2D eigenvalue weighted by Gasteiger charge is 2.30. The summed E-state index contributed by atoms with van der Waals surface area (Å²) in [5.74, 6) is 1.38. The van der Waals surface area contributed by atoms with Crippen LogP contribution < -0.4 is 0 Å². The van der Waals surface area contributed by atoms with E-state index in [0.29, 0.717) is 18.2 Å². The second-order valence-electron chi connectivity index (χ2n) is 7.09. The molecule has 134 valence electrons. The molecule has 4 nitrogen and oxygen atoms in total. The number of carbonyl (C=O) groups excluding carboxylic acids is 2. The Labute approximate surface area is 142 Å². The molecular formula is C19H36N2O2. The highest BCUT2D eigenvalue weighted by molar-refractivity contribution is 5.79. The molecule has 1 amide bonds. The SMILES string of the molecule is CCC.CCN1CCC(C(=O)N2CCC(CC(C)=O)CC2)CC1. The third kappa shape index (κ3) is 7.03. The van der Waals surface area contributed by atoms with Crippen LogP contribution in [-0.2, 0) is 9.59 Å². The Morgan fingerprint density at radius 3 is 1.87 bits per heavy atom. The van der Waals surface area contributed by atoms with Crippen LogP contribution in [0.25, 0.3) is 0 Å². The molecule has 0 N–H and O–H groups in total. The van der Waals surface area contributed by atoms with Crippen molar-refractivity contribution in [3.05, 3.63) is 0 Å². The molecule has 0 aromatic rings. The molecule has 0 aliphatic carbocycles. The normalized spacial score (nSPS) is 20.8. The predicted octanol–water partition coefficient (Wildman–Crippen LogP) is 3.35. The van der Waals surface area contributed by atoms with Gasteiger partial charge in [0.05, 0.1) is 0 Å². The first kappa shape index (κ1) is 20.1. The molecule has 2 heterocycles. The van der Waals surface area contributed by atoms with Crippen LogP contribution in [0, 0.1) is 11.8 Å². The first-order valence-electron chi connectivity index (χ1n) is 9.52. The Hall–Kier alpha value is -0.900. The van der Waals surface area contributed by atoms with E-state index in [1.165, 1.54) is 6.42 Å². The standard InChI is InChI=1S/C16H28N2O2.C3H8/c1-3-17-8-6-15(7-9-17)16(20)18-10-4-14(5-11-18)12-13(2)19;1-3-2/h14-15H,3-12H2,1-2H3;3H2,1-2H3. The molecule has 2 aliphatic rings. The molecule has 23 heavy (non-hydrogen) atoms. The summed E-state index contributed by atoms with van der Waals surface area (Å²) in [7, 11) is 0. The molecule has 0 atom stereocenters. The number of nitrogens with zero attached hydrogens (tertiary/aromatic N) is 2. The molecule has 2 rings (SSSR count). The Kier molecular flexibility index (Phi) is 9.46. The van der Waals surface area contributed by atoms with Crippen LogP contribution in [-0.4, -0.2) is 54.2 Å². The summed E-state index contributed by atoms with van der Waals surface area (Å²) >= 11 is 0. The fraction of sp³-hybridized carbons (Fsp3) is 0.895. The van der Waals surface area contributed by atoms with Crippen molar-refractivity contribution < 1.29 is 9.59 Å². The Balaban J connectivity index is 0.000000816. The fourth-order valence-electron chi connectivity index (χ4n) is 3.52. The lowest BCUT2D eigenvalue weighted by Crippen LogP contribution is -2.45. The molecule has 2 aliphatic heterocycles. The van der Waals surface area contributed by atoms with Crippen molar-refractivity contribution in [3.8, 4) is 0 Å². The maximum absolute atomic E-state index is 12.5. The summed E-state index contributed by atoms with van der Waals surface area (Å²) in [6, 6.07) is 0. The van der Waals surface area contributed by atoms with Crippen molar-refractivity contribution in [1.82, 2.24) is 9.80 Å². The lowest BCUT2D eigenvalue weighted by molar-refractivity contribution is -0.138. The number of amides is 1. The number of rotatable bonds is 4. The van der Waals surface area contributed by atoms with Gasteiger partial charge in [-0.3, -0.25) is 4.79 Å². The molecule has 0 unspecified atom stereocenters. The molecule has 0 spiro atoms. The van der Waals surface area contributed by atoms with E-state index in [-0.39, 0.29) is 11.7 Å².